The largest absolute Gasteiger partial charge is 0.355 e. The van der Waals surface area contributed by atoms with E-state index in [1.165, 1.54) is 74.1 Å². The molecule has 30 heavy (non-hydrogen) atoms. The zero-order valence-corrected chi connectivity index (χ0v) is 21.6. The van der Waals surface area contributed by atoms with Gasteiger partial charge in [0.1, 0.15) is 0 Å². The third kappa shape index (κ3) is 20.3. The van der Waals surface area contributed by atoms with Crippen LogP contribution in [0.5, 0.6) is 0 Å². The van der Waals surface area contributed by atoms with Crippen molar-refractivity contribution in [1.82, 2.24) is 15.5 Å². The molecule has 0 unspecified atom stereocenters. The van der Waals surface area contributed by atoms with Crippen molar-refractivity contribution in [3.8, 4) is 0 Å². The van der Waals surface area contributed by atoms with Crippen molar-refractivity contribution in [3.05, 3.63) is 0 Å². The van der Waals surface area contributed by atoms with E-state index in [9.17, 15) is 9.59 Å². The summed E-state index contributed by atoms with van der Waals surface area (Å²) >= 11 is 0. The quantitative estimate of drug-likeness (QED) is 0.147. The molecule has 0 rings (SSSR count). The Morgan fingerprint density at radius 1 is 0.633 bits per heavy atom. The third-order valence-electron chi connectivity index (χ3n) is 5.32. The second kappa shape index (κ2) is 22.7. The highest BCUT2D eigenvalue weighted by molar-refractivity contribution is 6.08. The zero-order chi connectivity index (χ0) is 22.3. The van der Waals surface area contributed by atoms with Crippen molar-refractivity contribution in [2.75, 3.05) is 45.8 Å². The molecule has 0 aliphatic heterocycles. The van der Waals surface area contributed by atoms with E-state index in [1.807, 2.05) is 0 Å². The maximum atomic E-state index is 11.9. The van der Waals surface area contributed by atoms with Crippen LogP contribution in [0.4, 0.5) is 0 Å². The first-order valence-corrected chi connectivity index (χ1v) is 13.7. The van der Waals surface area contributed by atoms with Gasteiger partial charge in [-0.1, -0.05) is 63.8 Å². The Labute approximate surface area is 187 Å². The molecule has 0 aromatic carbocycles. The van der Waals surface area contributed by atoms with Crippen LogP contribution in [0.3, 0.4) is 0 Å². The number of carbonyl (C=O) groups is 2. The van der Waals surface area contributed by atoms with Crippen LogP contribution in [0.15, 0.2) is 0 Å². The lowest BCUT2D eigenvalue weighted by atomic mass is 10.1. The number of hydrogen-bond acceptors (Lipinski definition) is 5. The average molecular weight is 444 g/mol. The molecule has 0 radical (unpaired) electrons. The van der Waals surface area contributed by atoms with Crippen LogP contribution in [-0.4, -0.2) is 72.8 Å². The van der Waals surface area contributed by atoms with Gasteiger partial charge in [-0.15, -0.1) is 0 Å². The molecule has 2 amide bonds. The molecule has 6 N–H and O–H groups in total. The molecule has 0 atom stereocenters. The van der Waals surface area contributed by atoms with Gasteiger partial charge in [-0.25, -0.2) is 0 Å². The van der Waals surface area contributed by atoms with E-state index >= 15 is 0 Å². The summed E-state index contributed by atoms with van der Waals surface area (Å²) in [4.78, 5) is 26.0. The maximum Gasteiger partial charge on any atom is 0.221 e. The number of hydrogen-bond donors (Lipinski definition) is 4. The molecule has 7 nitrogen and oxygen atoms in total. The smallest absolute Gasteiger partial charge is 0.221 e. The fourth-order valence-electron chi connectivity index (χ4n) is 3.45. The molecule has 0 aromatic heterocycles. The van der Waals surface area contributed by atoms with Crippen LogP contribution >= 0.6 is 0 Å². The molecule has 0 aliphatic carbocycles. The van der Waals surface area contributed by atoms with Crippen molar-refractivity contribution in [1.29, 1.82) is 0 Å². The normalized spacial score (nSPS) is 11.2. The fourth-order valence-corrected chi connectivity index (χ4v) is 3.95. The van der Waals surface area contributed by atoms with Crippen LogP contribution in [0.25, 0.3) is 0 Å². The molecule has 0 bridgehead atoms. The second-order valence-electron chi connectivity index (χ2n) is 8.15. The van der Waals surface area contributed by atoms with Gasteiger partial charge in [-0.3, -0.25) is 9.59 Å². The summed E-state index contributed by atoms with van der Waals surface area (Å²) in [6, 6.07) is 1.45. The van der Waals surface area contributed by atoms with Crippen LogP contribution in [0, 0.1) is 0 Å². The second-order valence-corrected chi connectivity index (χ2v) is 9.15. The molecule has 178 valence electrons. The maximum absolute atomic E-state index is 11.9. The Bertz CT molecular complexity index is 389. The minimum absolute atomic E-state index is 0.0269. The average Bonchev–Trinajstić information content (AvgIpc) is 2.75. The van der Waals surface area contributed by atoms with Crippen molar-refractivity contribution in [2.45, 2.75) is 83.1 Å². The number of unbranched alkanes of at least 4 members (excludes halogenated alkanes) is 9. The highest BCUT2D eigenvalue weighted by Crippen LogP contribution is 2.11. The Morgan fingerprint density at radius 2 is 1.03 bits per heavy atom. The minimum atomic E-state index is 0.0269. The third-order valence-corrected chi connectivity index (χ3v) is 6.03. The summed E-state index contributed by atoms with van der Waals surface area (Å²) in [6.07, 6.45) is 14.2. The number of rotatable bonds is 22. The van der Waals surface area contributed by atoms with Crippen molar-refractivity contribution in [2.24, 2.45) is 11.5 Å². The lowest BCUT2D eigenvalue weighted by molar-refractivity contribution is -0.121. The highest BCUT2D eigenvalue weighted by Gasteiger charge is 2.10. The molecule has 0 heterocycles. The van der Waals surface area contributed by atoms with Crippen molar-refractivity contribution in [3.63, 3.8) is 0 Å². The van der Waals surface area contributed by atoms with E-state index < -0.39 is 0 Å². The van der Waals surface area contributed by atoms with Gasteiger partial charge >= 0.3 is 0 Å². The Kier molecular flexibility index (Phi) is 22.0. The molecule has 0 saturated heterocycles. The summed E-state index contributed by atoms with van der Waals surface area (Å²) in [5, 5.41) is 5.62. The predicted molar refractivity (Wildman–Crippen MR) is 131 cm³/mol. The van der Waals surface area contributed by atoms with Gasteiger partial charge in [0.25, 0.3) is 0 Å². The molecule has 0 saturated carbocycles. The van der Waals surface area contributed by atoms with Gasteiger partial charge in [0.15, 0.2) is 0 Å². The SMILES string of the molecule is NCCNC(=O)CCN(CCCCCCCCCCCC[SiH3])CCC(=O)NCCN. The predicted octanol–water partition coefficient (Wildman–Crippen LogP) is 0.903. The first-order chi connectivity index (χ1) is 14.6. The standard InChI is InChI=1S/C22H49N5O2Si/c23-13-15-25-21(28)11-18-27(19-12-22(29)26-16-14-24)17-9-7-5-3-1-2-4-6-8-10-20-30/h1-20,23-24H2,30H3,(H,25,28)(H,26,29). The summed E-state index contributed by atoms with van der Waals surface area (Å²) < 4.78 is 0. The van der Waals surface area contributed by atoms with E-state index in [2.05, 4.69) is 15.5 Å². The van der Waals surface area contributed by atoms with E-state index in [-0.39, 0.29) is 11.8 Å². The van der Waals surface area contributed by atoms with Gasteiger partial charge < -0.3 is 27.0 Å². The van der Waals surface area contributed by atoms with Crippen LogP contribution < -0.4 is 22.1 Å². The molecular formula is C22H49N5O2Si. The van der Waals surface area contributed by atoms with E-state index in [1.54, 1.807) is 0 Å². The van der Waals surface area contributed by atoms with E-state index in [4.69, 9.17) is 11.5 Å². The van der Waals surface area contributed by atoms with Gasteiger partial charge in [0.2, 0.25) is 11.8 Å². The Hall–Kier alpha value is -0.963. The number of amides is 2. The molecule has 0 fully saturated rings. The number of nitrogens with one attached hydrogen (secondary N) is 2. The van der Waals surface area contributed by atoms with Crippen LogP contribution in [0.2, 0.25) is 6.04 Å². The Balaban J connectivity index is 3.97. The van der Waals surface area contributed by atoms with E-state index in [0.717, 1.165) is 13.0 Å². The summed E-state index contributed by atoms with van der Waals surface area (Å²) in [5.41, 5.74) is 10.9. The van der Waals surface area contributed by atoms with Crippen LogP contribution in [-0.2, 0) is 9.59 Å². The summed E-state index contributed by atoms with van der Waals surface area (Å²) in [5.74, 6) is 0.0538. The Morgan fingerprint density at radius 3 is 1.43 bits per heavy atom. The molecular weight excluding hydrogens is 394 g/mol. The molecule has 0 spiro atoms. The monoisotopic (exact) mass is 443 g/mol. The topological polar surface area (TPSA) is 113 Å². The number of nitrogens with two attached hydrogens (primary N) is 2. The number of nitrogens with zero attached hydrogens (tertiary/aromatic N) is 1. The van der Waals surface area contributed by atoms with E-state index in [0.29, 0.717) is 52.1 Å². The highest BCUT2D eigenvalue weighted by atomic mass is 28.1. The first kappa shape index (κ1) is 29.0. The summed E-state index contributed by atoms with van der Waals surface area (Å²) in [7, 11) is 1.35. The lowest BCUT2D eigenvalue weighted by Gasteiger charge is -2.22. The van der Waals surface area contributed by atoms with Crippen molar-refractivity contribution < 1.29 is 9.59 Å². The first-order valence-electron chi connectivity index (χ1n) is 12.3. The van der Waals surface area contributed by atoms with Gasteiger partial charge in [-0.05, 0) is 13.0 Å². The molecule has 0 aromatic rings. The number of carbonyl (C=O) groups excluding carboxylic acids is 2. The summed E-state index contributed by atoms with van der Waals surface area (Å²) in [6.45, 7) is 4.24. The fraction of sp³-hybridized carbons (Fsp3) is 0.909. The zero-order valence-electron chi connectivity index (χ0n) is 19.6. The van der Waals surface area contributed by atoms with Gasteiger partial charge in [-0.2, -0.15) is 0 Å². The lowest BCUT2D eigenvalue weighted by Crippen LogP contribution is -2.36. The van der Waals surface area contributed by atoms with Crippen LogP contribution in [0.1, 0.15) is 77.0 Å². The molecule has 0 aliphatic rings. The minimum Gasteiger partial charge on any atom is -0.355 e. The van der Waals surface area contributed by atoms with Gasteiger partial charge in [0, 0.05) is 62.4 Å². The van der Waals surface area contributed by atoms with Gasteiger partial charge in [0.05, 0.1) is 0 Å². The molecule has 8 heteroatoms. The van der Waals surface area contributed by atoms with Crippen molar-refractivity contribution >= 4 is 22.1 Å².